The molecule has 1 atom stereocenters. The summed E-state index contributed by atoms with van der Waals surface area (Å²) in [5.41, 5.74) is -0.953. The Morgan fingerprint density at radius 2 is 2.08 bits per heavy atom. The van der Waals surface area contributed by atoms with Crippen molar-refractivity contribution >= 4 is 35.0 Å². The fraction of sp³-hybridized carbons (Fsp3) is 0.400. The highest BCUT2D eigenvalue weighted by atomic mass is 35.5. The van der Waals surface area contributed by atoms with E-state index < -0.39 is 35.5 Å². The maximum atomic E-state index is 12.7. The third-order valence-electron chi connectivity index (χ3n) is 3.62. The van der Waals surface area contributed by atoms with Gasteiger partial charge in [-0.2, -0.15) is 13.2 Å². The quantitative estimate of drug-likeness (QED) is 0.782. The van der Waals surface area contributed by atoms with Gasteiger partial charge in [-0.1, -0.05) is 6.07 Å². The van der Waals surface area contributed by atoms with Crippen molar-refractivity contribution in [2.45, 2.75) is 18.6 Å². The van der Waals surface area contributed by atoms with Crippen LogP contribution in [0.5, 0.6) is 0 Å². The molecule has 1 heterocycles. The number of hydrogen-bond donors (Lipinski definition) is 2. The average molecular weight is 378 g/mol. The van der Waals surface area contributed by atoms with E-state index in [1.165, 1.54) is 11.0 Å². The number of benzene rings is 1. The molecule has 0 aromatic heterocycles. The molecule has 1 aliphatic heterocycles. The van der Waals surface area contributed by atoms with Crippen LogP contribution in [-0.4, -0.2) is 47.6 Å². The monoisotopic (exact) mass is 377 g/mol. The van der Waals surface area contributed by atoms with Gasteiger partial charge in [0.05, 0.1) is 12.0 Å². The molecule has 1 aliphatic rings. The molecule has 0 bridgehead atoms. The van der Waals surface area contributed by atoms with Crippen molar-refractivity contribution in [2.24, 2.45) is 0 Å². The third-order valence-corrected chi connectivity index (χ3v) is 3.85. The van der Waals surface area contributed by atoms with E-state index in [0.29, 0.717) is 0 Å². The molecular weight excluding hydrogens is 363 g/mol. The number of nitrogens with zero attached hydrogens (tertiary/aromatic N) is 1. The smallest absolute Gasteiger partial charge is 0.353 e. The molecule has 2 N–H and O–H groups in total. The van der Waals surface area contributed by atoms with Crippen LogP contribution >= 0.6 is 11.6 Å². The Balaban J connectivity index is 2.08. The van der Waals surface area contributed by atoms with E-state index in [9.17, 15) is 27.6 Å². The second-order valence-electron chi connectivity index (χ2n) is 5.36. The molecule has 3 amide bonds. The molecule has 0 aliphatic carbocycles. The number of halogens is 4. The lowest BCUT2D eigenvalue weighted by molar-refractivity contribution is -0.143. The van der Waals surface area contributed by atoms with Gasteiger partial charge in [-0.25, -0.2) is 0 Å². The zero-order valence-electron chi connectivity index (χ0n) is 12.9. The average Bonchev–Trinajstić information content (AvgIpc) is 2.55. The zero-order chi connectivity index (χ0) is 18.6. The lowest BCUT2D eigenvalue weighted by atomic mass is 10.1. The highest BCUT2D eigenvalue weighted by Crippen LogP contribution is 2.30. The van der Waals surface area contributed by atoms with Gasteiger partial charge in [-0.15, -0.1) is 11.6 Å². The van der Waals surface area contributed by atoms with E-state index in [1.807, 2.05) is 0 Å². The second kappa shape index (κ2) is 7.73. The Hall–Kier alpha value is -2.29. The lowest BCUT2D eigenvalue weighted by Gasteiger charge is -2.34. The number of amides is 3. The summed E-state index contributed by atoms with van der Waals surface area (Å²) >= 11 is 5.49. The molecule has 1 saturated heterocycles. The minimum Gasteiger partial charge on any atom is -0.353 e. The Morgan fingerprint density at radius 1 is 1.36 bits per heavy atom. The first kappa shape index (κ1) is 19.0. The normalized spacial score (nSPS) is 17.8. The van der Waals surface area contributed by atoms with Crippen LogP contribution in [0.3, 0.4) is 0 Å². The fourth-order valence-corrected chi connectivity index (χ4v) is 2.61. The first-order chi connectivity index (χ1) is 11.7. The molecular formula is C15H15ClF3N3O3. The molecule has 1 aromatic carbocycles. The highest BCUT2D eigenvalue weighted by molar-refractivity contribution is 6.27. The molecule has 1 unspecified atom stereocenters. The van der Waals surface area contributed by atoms with Crippen molar-refractivity contribution in [3.8, 4) is 0 Å². The number of hydrogen-bond acceptors (Lipinski definition) is 3. The summed E-state index contributed by atoms with van der Waals surface area (Å²) in [4.78, 5) is 37.0. The van der Waals surface area contributed by atoms with Gasteiger partial charge in [0.1, 0.15) is 11.9 Å². The number of alkyl halides is 4. The number of piperazine rings is 1. The zero-order valence-corrected chi connectivity index (χ0v) is 13.7. The van der Waals surface area contributed by atoms with Gasteiger partial charge in [-0.05, 0) is 18.2 Å². The van der Waals surface area contributed by atoms with Crippen LogP contribution in [0, 0.1) is 0 Å². The van der Waals surface area contributed by atoms with Crippen molar-refractivity contribution in [3.05, 3.63) is 29.8 Å². The largest absolute Gasteiger partial charge is 0.416 e. The van der Waals surface area contributed by atoms with Gasteiger partial charge in [0.15, 0.2) is 0 Å². The number of rotatable bonds is 4. The van der Waals surface area contributed by atoms with Gasteiger partial charge in [0.2, 0.25) is 17.7 Å². The molecule has 1 fully saturated rings. The minimum atomic E-state index is -4.53. The van der Waals surface area contributed by atoms with Crippen LogP contribution in [0.2, 0.25) is 0 Å². The van der Waals surface area contributed by atoms with Gasteiger partial charge in [0.25, 0.3) is 0 Å². The maximum absolute atomic E-state index is 12.7. The van der Waals surface area contributed by atoms with E-state index in [4.69, 9.17) is 11.6 Å². The second-order valence-corrected chi connectivity index (χ2v) is 5.63. The van der Waals surface area contributed by atoms with Crippen molar-refractivity contribution in [1.82, 2.24) is 10.2 Å². The SMILES string of the molecule is O=C(CC1C(=O)NCCN1C(=O)CCl)Nc1cccc(C(F)(F)F)c1. The van der Waals surface area contributed by atoms with E-state index in [0.717, 1.165) is 18.2 Å². The number of carbonyl (C=O) groups is 3. The Labute approximate surface area is 146 Å². The highest BCUT2D eigenvalue weighted by Gasteiger charge is 2.34. The predicted molar refractivity (Wildman–Crippen MR) is 83.9 cm³/mol. The Bertz CT molecular complexity index is 681. The van der Waals surface area contributed by atoms with Gasteiger partial charge in [-0.3, -0.25) is 14.4 Å². The summed E-state index contributed by atoms with van der Waals surface area (Å²) in [5, 5.41) is 4.84. The number of nitrogens with one attached hydrogen (secondary N) is 2. The summed E-state index contributed by atoms with van der Waals surface area (Å²) in [6.45, 7) is 0.450. The van der Waals surface area contributed by atoms with E-state index in [2.05, 4.69) is 10.6 Å². The van der Waals surface area contributed by atoms with Gasteiger partial charge < -0.3 is 15.5 Å². The van der Waals surface area contributed by atoms with Gasteiger partial charge in [0, 0.05) is 18.8 Å². The summed E-state index contributed by atoms with van der Waals surface area (Å²) in [6.07, 6.45) is -4.92. The maximum Gasteiger partial charge on any atom is 0.416 e. The molecule has 0 saturated carbocycles. The molecule has 0 spiro atoms. The summed E-state index contributed by atoms with van der Waals surface area (Å²) in [7, 11) is 0. The standard InChI is InChI=1S/C15H15ClF3N3O3/c16-8-13(24)22-5-4-20-14(25)11(22)7-12(23)21-10-3-1-2-9(6-10)15(17,18)19/h1-3,6,11H,4-5,7-8H2,(H,20,25)(H,21,23). The van der Waals surface area contributed by atoms with Crippen molar-refractivity contribution in [1.29, 1.82) is 0 Å². The van der Waals surface area contributed by atoms with Crippen molar-refractivity contribution in [2.75, 3.05) is 24.3 Å². The predicted octanol–water partition coefficient (Wildman–Crippen LogP) is 1.60. The van der Waals surface area contributed by atoms with Crippen molar-refractivity contribution < 1.29 is 27.6 Å². The van der Waals surface area contributed by atoms with E-state index in [1.54, 1.807) is 0 Å². The molecule has 25 heavy (non-hydrogen) atoms. The first-order valence-corrected chi connectivity index (χ1v) is 7.86. The lowest BCUT2D eigenvalue weighted by Crippen LogP contribution is -2.58. The Morgan fingerprint density at radius 3 is 2.72 bits per heavy atom. The molecule has 6 nitrogen and oxygen atoms in total. The van der Waals surface area contributed by atoms with E-state index in [-0.39, 0.29) is 31.1 Å². The van der Waals surface area contributed by atoms with Crippen LogP contribution in [0.25, 0.3) is 0 Å². The van der Waals surface area contributed by atoms with Crippen LogP contribution in [-0.2, 0) is 20.6 Å². The summed E-state index contributed by atoms with van der Waals surface area (Å²) in [6, 6.07) is 3.09. The summed E-state index contributed by atoms with van der Waals surface area (Å²) in [5.74, 6) is -2.02. The molecule has 1 aromatic rings. The van der Waals surface area contributed by atoms with E-state index >= 15 is 0 Å². The number of anilines is 1. The minimum absolute atomic E-state index is 0.0498. The topological polar surface area (TPSA) is 78.5 Å². The molecule has 10 heteroatoms. The molecule has 0 radical (unpaired) electrons. The third kappa shape index (κ3) is 4.85. The first-order valence-electron chi connectivity index (χ1n) is 7.32. The van der Waals surface area contributed by atoms with Crippen molar-refractivity contribution in [3.63, 3.8) is 0 Å². The van der Waals surface area contributed by atoms with Crippen LogP contribution < -0.4 is 10.6 Å². The summed E-state index contributed by atoms with van der Waals surface area (Å²) < 4.78 is 38.1. The van der Waals surface area contributed by atoms with Crippen LogP contribution in [0.4, 0.5) is 18.9 Å². The van der Waals surface area contributed by atoms with Crippen LogP contribution in [0.1, 0.15) is 12.0 Å². The fourth-order valence-electron chi connectivity index (χ4n) is 2.45. The van der Waals surface area contributed by atoms with Gasteiger partial charge >= 0.3 is 6.18 Å². The Kier molecular flexibility index (Phi) is 5.89. The number of carbonyl (C=O) groups excluding carboxylic acids is 3. The van der Waals surface area contributed by atoms with Crippen LogP contribution in [0.15, 0.2) is 24.3 Å². The molecule has 136 valence electrons. The molecule has 2 rings (SSSR count).